The molecule has 8 heavy (non-hydrogen) atoms. The van der Waals surface area contributed by atoms with Gasteiger partial charge >= 0.3 is 0 Å². The molecule has 0 aromatic carbocycles. The Hall–Kier alpha value is -0.0800. The molecule has 2 atom stereocenters. The molecule has 2 N–H and O–H groups in total. The smallest absolute Gasteiger partial charge is 0.0509 e. The molecule has 0 aromatic rings. The van der Waals surface area contributed by atoms with Crippen molar-refractivity contribution in [2.24, 2.45) is 11.7 Å². The first-order valence-corrected chi connectivity index (χ1v) is 3.14. The third-order valence-electron chi connectivity index (χ3n) is 1.71. The van der Waals surface area contributed by atoms with E-state index >= 15 is 0 Å². The van der Waals surface area contributed by atoms with Crippen LogP contribution in [0.15, 0.2) is 0 Å². The molecule has 2 heteroatoms. The fourth-order valence-corrected chi connectivity index (χ4v) is 0.967. The Balaban J connectivity index is 2.24. The fraction of sp³-hybridized carbons (Fsp3) is 1.00. The summed E-state index contributed by atoms with van der Waals surface area (Å²) in [4.78, 5) is 0. The normalized spacial score (nSPS) is 33.0. The predicted molar refractivity (Wildman–Crippen MR) is 32.6 cm³/mol. The first kappa shape index (κ1) is 6.05. The summed E-state index contributed by atoms with van der Waals surface area (Å²) in [5.74, 6) is 0.620. The maximum Gasteiger partial charge on any atom is 0.0509 e. The van der Waals surface area contributed by atoms with Gasteiger partial charge in [-0.1, -0.05) is 0 Å². The van der Waals surface area contributed by atoms with Crippen LogP contribution in [-0.2, 0) is 4.74 Å². The number of hydrogen-bond acceptors (Lipinski definition) is 2. The van der Waals surface area contributed by atoms with Crippen molar-refractivity contribution < 1.29 is 4.74 Å². The molecule has 48 valence electrons. The van der Waals surface area contributed by atoms with Gasteiger partial charge in [-0.25, -0.2) is 0 Å². The lowest BCUT2D eigenvalue weighted by Crippen LogP contribution is -2.26. The van der Waals surface area contributed by atoms with Gasteiger partial charge in [-0.15, -0.1) is 0 Å². The molecule has 0 aromatic heterocycles. The molecule has 2 nitrogen and oxygen atoms in total. The lowest BCUT2D eigenvalue weighted by molar-refractivity contribution is 0.182. The molecule has 0 radical (unpaired) electrons. The van der Waals surface area contributed by atoms with Gasteiger partial charge in [-0.05, 0) is 19.3 Å². The van der Waals surface area contributed by atoms with Gasteiger partial charge in [-0.3, -0.25) is 0 Å². The number of hydrogen-bond donors (Lipinski definition) is 1. The van der Waals surface area contributed by atoms with E-state index < -0.39 is 0 Å². The fourth-order valence-electron chi connectivity index (χ4n) is 0.967. The van der Waals surface area contributed by atoms with Crippen molar-refractivity contribution in [3.05, 3.63) is 0 Å². The highest BCUT2D eigenvalue weighted by molar-refractivity contribution is 4.71. The van der Waals surface area contributed by atoms with Gasteiger partial charge in [0.05, 0.1) is 6.61 Å². The van der Waals surface area contributed by atoms with Gasteiger partial charge < -0.3 is 10.5 Å². The standard InChI is InChI=1S/C6H13NO/c1-5(7)6-2-3-8-4-6/h5-6H,2-4,7H2,1H3/t5-,6+/m1/s1. The van der Waals surface area contributed by atoms with E-state index in [-0.39, 0.29) is 0 Å². The summed E-state index contributed by atoms with van der Waals surface area (Å²) in [6, 6.07) is 0.317. The van der Waals surface area contributed by atoms with Crippen LogP contribution >= 0.6 is 0 Å². The Labute approximate surface area is 50.0 Å². The molecular formula is C6H13NO. The zero-order chi connectivity index (χ0) is 5.98. The lowest BCUT2D eigenvalue weighted by Gasteiger charge is -2.09. The highest BCUT2D eigenvalue weighted by Gasteiger charge is 2.18. The van der Waals surface area contributed by atoms with Gasteiger partial charge in [0, 0.05) is 12.6 Å². The Morgan fingerprint density at radius 1 is 1.75 bits per heavy atom. The minimum atomic E-state index is 0.317. The summed E-state index contributed by atoms with van der Waals surface area (Å²) >= 11 is 0. The Morgan fingerprint density at radius 2 is 2.50 bits per heavy atom. The minimum Gasteiger partial charge on any atom is -0.381 e. The van der Waals surface area contributed by atoms with E-state index in [1.54, 1.807) is 0 Å². The summed E-state index contributed by atoms with van der Waals surface area (Å²) in [5.41, 5.74) is 5.62. The van der Waals surface area contributed by atoms with Crippen LogP contribution in [0.4, 0.5) is 0 Å². The van der Waals surface area contributed by atoms with Crippen LogP contribution in [0.2, 0.25) is 0 Å². The number of rotatable bonds is 1. The molecule has 0 amide bonds. The average molecular weight is 115 g/mol. The third kappa shape index (κ3) is 1.20. The van der Waals surface area contributed by atoms with Crippen molar-refractivity contribution in [1.29, 1.82) is 0 Å². The second kappa shape index (κ2) is 2.46. The van der Waals surface area contributed by atoms with E-state index in [2.05, 4.69) is 0 Å². The topological polar surface area (TPSA) is 35.2 Å². The molecule has 0 unspecified atom stereocenters. The van der Waals surface area contributed by atoms with E-state index in [1.165, 1.54) is 0 Å². The quantitative estimate of drug-likeness (QED) is 0.536. The van der Waals surface area contributed by atoms with Gasteiger partial charge in [0.25, 0.3) is 0 Å². The van der Waals surface area contributed by atoms with Crippen molar-refractivity contribution in [2.75, 3.05) is 13.2 Å². The summed E-state index contributed by atoms with van der Waals surface area (Å²) in [6.45, 7) is 3.82. The van der Waals surface area contributed by atoms with Gasteiger partial charge in [0.15, 0.2) is 0 Å². The van der Waals surface area contributed by atoms with Crippen molar-refractivity contribution in [2.45, 2.75) is 19.4 Å². The molecule has 0 spiro atoms. The number of nitrogens with two attached hydrogens (primary N) is 1. The monoisotopic (exact) mass is 115 g/mol. The van der Waals surface area contributed by atoms with Crippen LogP contribution in [0.1, 0.15) is 13.3 Å². The first-order valence-electron chi connectivity index (χ1n) is 3.14. The second-order valence-corrected chi connectivity index (χ2v) is 2.48. The molecule has 1 fully saturated rings. The second-order valence-electron chi connectivity index (χ2n) is 2.48. The van der Waals surface area contributed by atoms with E-state index in [4.69, 9.17) is 10.5 Å². The summed E-state index contributed by atoms with van der Waals surface area (Å²) in [7, 11) is 0. The molecule has 1 saturated heterocycles. The van der Waals surface area contributed by atoms with Crippen LogP contribution < -0.4 is 5.73 Å². The number of ether oxygens (including phenoxy) is 1. The Kier molecular flexibility index (Phi) is 1.86. The largest absolute Gasteiger partial charge is 0.381 e. The summed E-state index contributed by atoms with van der Waals surface area (Å²) in [5, 5.41) is 0. The Morgan fingerprint density at radius 3 is 2.75 bits per heavy atom. The van der Waals surface area contributed by atoms with Crippen molar-refractivity contribution in [3.63, 3.8) is 0 Å². The highest BCUT2D eigenvalue weighted by Crippen LogP contribution is 2.14. The molecule has 1 heterocycles. The highest BCUT2D eigenvalue weighted by atomic mass is 16.5. The van der Waals surface area contributed by atoms with E-state index in [0.717, 1.165) is 19.6 Å². The lowest BCUT2D eigenvalue weighted by atomic mass is 10.0. The summed E-state index contributed by atoms with van der Waals surface area (Å²) in [6.07, 6.45) is 1.15. The maximum absolute atomic E-state index is 5.62. The van der Waals surface area contributed by atoms with Crippen molar-refractivity contribution >= 4 is 0 Å². The van der Waals surface area contributed by atoms with Crippen LogP contribution in [0, 0.1) is 5.92 Å². The minimum absolute atomic E-state index is 0.317. The predicted octanol–water partition coefficient (Wildman–Crippen LogP) is 0.370. The van der Waals surface area contributed by atoms with Crippen LogP contribution in [0.25, 0.3) is 0 Å². The molecule has 1 aliphatic heterocycles. The molecular weight excluding hydrogens is 102 g/mol. The van der Waals surface area contributed by atoms with Crippen molar-refractivity contribution in [3.8, 4) is 0 Å². The summed E-state index contributed by atoms with van der Waals surface area (Å²) < 4.78 is 5.14. The van der Waals surface area contributed by atoms with E-state index in [9.17, 15) is 0 Å². The van der Waals surface area contributed by atoms with Gasteiger partial charge in [0.2, 0.25) is 0 Å². The SMILES string of the molecule is C[C@@H](N)[C@H]1CCOC1. The van der Waals surface area contributed by atoms with Gasteiger partial charge in [-0.2, -0.15) is 0 Å². The zero-order valence-corrected chi connectivity index (χ0v) is 5.26. The van der Waals surface area contributed by atoms with Crippen molar-refractivity contribution in [1.82, 2.24) is 0 Å². The third-order valence-corrected chi connectivity index (χ3v) is 1.71. The zero-order valence-electron chi connectivity index (χ0n) is 5.26. The van der Waals surface area contributed by atoms with E-state index in [1.807, 2.05) is 6.92 Å². The molecule has 1 rings (SSSR count). The molecule has 0 saturated carbocycles. The van der Waals surface area contributed by atoms with Gasteiger partial charge in [0.1, 0.15) is 0 Å². The Bertz CT molecular complexity index is 66.9. The maximum atomic E-state index is 5.62. The molecule has 1 aliphatic rings. The molecule has 0 bridgehead atoms. The van der Waals surface area contributed by atoms with Crippen LogP contribution in [0.5, 0.6) is 0 Å². The first-order chi connectivity index (χ1) is 3.80. The molecule has 0 aliphatic carbocycles. The van der Waals surface area contributed by atoms with E-state index in [0.29, 0.717) is 12.0 Å². The van der Waals surface area contributed by atoms with Crippen LogP contribution in [-0.4, -0.2) is 19.3 Å². The van der Waals surface area contributed by atoms with Crippen LogP contribution in [0.3, 0.4) is 0 Å². The average Bonchev–Trinajstić information content (AvgIpc) is 2.12.